The molecule has 6 nitrogen and oxygen atoms in total. The fourth-order valence-corrected chi connectivity index (χ4v) is 5.65. The summed E-state index contributed by atoms with van der Waals surface area (Å²) in [4.78, 5) is 21.4. The van der Waals surface area contributed by atoms with Gasteiger partial charge in [-0.3, -0.25) is 19.6 Å². The van der Waals surface area contributed by atoms with Gasteiger partial charge < -0.3 is 5.11 Å². The Labute approximate surface area is 211 Å². The Morgan fingerprint density at radius 1 is 0.829 bits per heavy atom. The Balaban J connectivity index is 1.30. The summed E-state index contributed by atoms with van der Waals surface area (Å²) in [7, 11) is 0. The maximum atomic E-state index is 11.1. The number of carbonyl (C=O) groups is 1. The standard InChI is InChI=1S/C29H42N4O2/c1-22(2)32-14-12-30(13-15-32)20-26-6-5-7-27(16-26)21-33-23(3)17-31(18-24(33)4)19-25-8-10-28(11-9-25)29(34)35/h5-11,16,22-24H,12-15,17-21H2,1-4H3,(H,34,35)/t23-,24+. The zero-order chi connectivity index (χ0) is 24.9. The van der Waals surface area contributed by atoms with Crippen LogP contribution in [0.25, 0.3) is 0 Å². The molecule has 35 heavy (non-hydrogen) atoms. The van der Waals surface area contributed by atoms with Crippen molar-refractivity contribution in [3.63, 3.8) is 0 Å². The summed E-state index contributed by atoms with van der Waals surface area (Å²) >= 11 is 0. The lowest BCUT2D eigenvalue weighted by atomic mass is 10.0. The van der Waals surface area contributed by atoms with Gasteiger partial charge in [-0.25, -0.2) is 4.79 Å². The monoisotopic (exact) mass is 478 g/mol. The van der Waals surface area contributed by atoms with Gasteiger partial charge >= 0.3 is 5.97 Å². The molecule has 190 valence electrons. The van der Waals surface area contributed by atoms with Gasteiger partial charge in [0.25, 0.3) is 0 Å². The minimum Gasteiger partial charge on any atom is -0.478 e. The molecular formula is C29H42N4O2. The number of benzene rings is 2. The maximum Gasteiger partial charge on any atom is 0.335 e. The second kappa shape index (κ2) is 11.7. The van der Waals surface area contributed by atoms with E-state index in [1.54, 1.807) is 12.1 Å². The van der Waals surface area contributed by atoms with Crippen LogP contribution >= 0.6 is 0 Å². The zero-order valence-corrected chi connectivity index (χ0v) is 21.9. The minimum atomic E-state index is -0.870. The predicted molar refractivity (Wildman–Crippen MR) is 142 cm³/mol. The molecule has 4 rings (SSSR count). The first-order chi connectivity index (χ1) is 16.8. The summed E-state index contributed by atoms with van der Waals surface area (Å²) in [6, 6.07) is 18.0. The lowest BCUT2D eigenvalue weighted by molar-refractivity contribution is 0.0290. The number of aromatic carboxylic acids is 1. The van der Waals surface area contributed by atoms with E-state index in [0.717, 1.165) is 45.8 Å². The van der Waals surface area contributed by atoms with E-state index in [0.29, 0.717) is 23.7 Å². The highest BCUT2D eigenvalue weighted by Crippen LogP contribution is 2.22. The van der Waals surface area contributed by atoms with Gasteiger partial charge in [0.1, 0.15) is 0 Å². The first-order valence-corrected chi connectivity index (χ1v) is 13.1. The van der Waals surface area contributed by atoms with Crippen LogP contribution in [0, 0.1) is 0 Å². The molecule has 2 heterocycles. The van der Waals surface area contributed by atoms with E-state index in [9.17, 15) is 4.79 Å². The molecule has 6 heteroatoms. The number of piperazine rings is 2. The Hall–Kier alpha value is -2.25. The fourth-order valence-electron chi connectivity index (χ4n) is 5.65. The molecule has 2 aromatic carbocycles. The van der Waals surface area contributed by atoms with Crippen LogP contribution in [-0.2, 0) is 19.6 Å². The van der Waals surface area contributed by atoms with Crippen LogP contribution in [-0.4, -0.2) is 88.1 Å². The number of hydrogen-bond acceptors (Lipinski definition) is 5. The van der Waals surface area contributed by atoms with E-state index in [4.69, 9.17) is 5.11 Å². The van der Waals surface area contributed by atoms with Gasteiger partial charge in [-0.1, -0.05) is 36.4 Å². The van der Waals surface area contributed by atoms with Crippen molar-refractivity contribution in [3.8, 4) is 0 Å². The van der Waals surface area contributed by atoms with Crippen molar-refractivity contribution in [3.05, 3.63) is 70.8 Å². The molecule has 2 fully saturated rings. The Morgan fingerprint density at radius 3 is 1.97 bits per heavy atom. The maximum absolute atomic E-state index is 11.1. The van der Waals surface area contributed by atoms with E-state index < -0.39 is 5.97 Å². The molecule has 2 aliphatic heterocycles. The lowest BCUT2D eigenvalue weighted by Gasteiger charge is -2.44. The first kappa shape index (κ1) is 25.8. The molecule has 0 amide bonds. The molecule has 2 atom stereocenters. The quantitative estimate of drug-likeness (QED) is 0.619. The summed E-state index contributed by atoms with van der Waals surface area (Å²) in [6.07, 6.45) is 0. The van der Waals surface area contributed by atoms with Gasteiger partial charge in [-0.05, 0) is 56.5 Å². The van der Waals surface area contributed by atoms with E-state index in [2.05, 4.69) is 71.6 Å². The lowest BCUT2D eigenvalue weighted by Crippen LogP contribution is -2.55. The van der Waals surface area contributed by atoms with E-state index in [1.807, 2.05) is 12.1 Å². The SMILES string of the molecule is CC(C)N1CCN(Cc2cccc(CN3[C@H](C)CN(Cc4ccc(C(=O)O)cc4)C[C@@H]3C)c2)CC1. The minimum absolute atomic E-state index is 0.348. The van der Waals surface area contributed by atoms with Crippen molar-refractivity contribution >= 4 is 5.97 Å². The molecule has 0 spiro atoms. The number of carboxylic acid groups (broad SMARTS) is 1. The van der Waals surface area contributed by atoms with Crippen molar-refractivity contribution in [1.29, 1.82) is 0 Å². The Morgan fingerprint density at radius 2 is 1.40 bits per heavy atom. The number of rotatable bonds is 8. The third kappa shape index (κ3) is 6.91. The first-order valence-electron chi connectivity index (χ1n) is 13.1. The molecule has 0 radical (unpaired) electrons. The molecular weight excluding hydrogens is 436 g/mol. The topological polar surface area (TPSA) is 50.3 Å². The van der Waals surface area contributed by atoms with Crippen molar-refractivity contribution in [2.75, 3.05) is 39.3 Å². The third-order valence-electron chi connectivity index (χ3n) is 7.68. The predicted octanol–water partition coefficient (Wildman–Crippen LogP) is 4.01. The van der Waals surface area contributed by atoms with Gasteiger partial charge in [0.05, 0.1) is 5.56 Å². The zero-order valence-electron chi connectivity index (χ0n) is 21.9. The van der Waals surface area contributed by atoms with E-state index in [-0.39, 0.29) is 0 Å². The average Bonchev–Trinajstić information content (AvgIpc) is 2.82. The van der Waals surface area contributed by atoms with Gasteiger partial charge in [0.15, 0.2) is 0 Å². The summed E-state index contributed by atoms with van der Waals surface area (Å²) in [5, 5.41) is 9.12. The molecule has 2 saturated heterocycles. The van der Waals surface area contributed by atoms with Crippen molar-refractivity contribution in [2.24, 2.45) is 0 Å². The number of carboxylic acids is 1. The van der Waals surface area contributed by atoms with Crippen molar-refractivity contribution < 1.29 is 9.90 Å². The molecule has 0 aliphatic carbocycles. The molecule has 0 saturated carbocycles. The summed E-state index contributed by atoms with van der Waals surface area (Å²) < 4.78 is 0. The Kier molecular flexibility index (Phi) is 8.60. The van der Waals surface area contributed by atoms with Gasteiger partial charge in [0, 0.05) is 77.0 Å². The summed E-state index contributed by atoms with van der Waals surface area (Å²) in [6.45, 7) is 18.8. The highest BCUT2D eigenvalue weighted by Gasteiger charge is 2.29. The molecule has 0 bridgehead atoms. The number of nitrogens with zero attached hydrogens (tertiary/aromatic N) is 4. The average molecular weight is 479 g/mol. The van der Waals surface area contributed by atoms with Crippen molar-refractivity contribution in [2.45, 2.75) is 65.5 Å². The van der Waals surface area contributed by atoms with E-state index >= 15 is 0 Å². The third-order valence-corrected chi connectivity index (χ3v) is 7.68. The summed E-state index contributed by atoms with van der Waals surface area (Å²) in [5.74, 6) is -0.870. The highest BCUT2D eigenvalue weighted by atomic mass is 16.4. The molecule has 2 aliphatic rings. The summed E-state index contributed by atoms with van der Waals surface area (Å²) in [5.41, 5.74) is 4.34. The van der Waals surface area contributed by atoms with Crippen LogP contribution < -0.4 is 0 Å². The molecule has 0 unspecified atom stereocenters. The number of hydrogen-bond donors (Lipinski definition) is 1. The van der Waals surface area contributed by atoms with Gasteiger partial charge in [-0.2, -0.15) is 0 Å². The van der Waals surface area contributed by atoms with E-state index in [1.165, 1.54) is 29.8 Å². The molecule has 0 aromatic heterocycles. The van der Waals surface area contributed by atoms with Gasteiger partial charge in [-0.15, -0.1) is 0 Å². The largest absolute Gasteiger partial charge is 0.478 e. The normalized spacial score (nSPS) is 23.1. The Bertz CT molecular complexity index is 957. The second-order valence-electron chi connectivity index (χ2n) is 10.8. The van der Waals surface area contributed by atoms with Crippen LogP contribution in [0.2, 0.25) is 0 Å². The van der Waals surface area contributed by atoms with Crippen molar-refractivity contribution in [1.82, 2.24) is 19.6 Å². The fraction of sp³-hybridized carbons (Fsp3) is 0.552. The van der Waals surface area contributed by atoms with Gasteiger partial charge in [0.2, 0.25) is 0 Å². The smallest absolute Gasteiger partial charge is 0.335 e. The molecule has 2 aromatic rings. The van der Waals surface area contributed by atoms with Crippen LogP contribution in [0.5, 0.6) is 0 Å². The van der Waals surface area contributed by atoms with Crippen LogP contribution in [0.4, 0.5) is 0 Å². The highest BCUT2D eigenvalue weighted by molar-refractivity contribution is 5.87. The van der Waals surface area contributed by atoms with Crippen LogP contribution in [0.3, 0.4) is 0 Å². The van der Waals surface area contributed by atoms with Crippen LogP contribution in [0.1, 0.15) is 54.7 Å². The molecule has 1 N–H and O–H groups in total. The van der Waals surface area contributed by atoms with Crippen LogP contribution in [0.15, 0.2) is 48.5 Å². The second-order valence-corrected chi connectivity index (χ2v) is 10.8.